The van der Waals surface area contributed by atoms with Gasteiger partial charge in [0.05, 0.1) is 37.4 Å². The number of ether oxygens (including phenoxy) is 1. The highest BCUT2D eigenvalue weighted by molar-refractivity contribution is 6.65. The van der Waals surface area contributed by atoms with Crippen LogP contribution in [0.1, 0.15) is 12.0 Å². The number of benzene rings is 1. The molecule has 2 aliphatic heterocycles. The van der Waals surface area contributed by atoms with Gasteiger partial charge in [0.25, 0.3) is 0 Å². The molecule has 3 N–H and O–H groups in total. The van der Waals surface area contributed by atoms with E-state index >= 15 is 0 Å². The Hall–Kier alpha value is -2.09. The van der Waals surface area contributed by atoms with E-state index in [9.17, 15) is 10.3 Å². The molecule has 11 heteroatoms. The Morgan fingerprint density at radius 3 is 3.00 bits per heavy atom. The molecule has 0 radical (unpaired) electrons. The first-order chi connectivity index (χ1) is 13.5. The molecule has 2 unspecified atom stereocenters. The Labute approximate surface area is 171 Å². The van der Waals surface area contributed by atoms with Crippen LogP contribution in [0.25, 0.3) is 0 Å². The van der Waals surface area contributed by atoms with Crippen molar-refractivity contribution < 1.29 is 14.4 Å². The number of anilines is 3. The van der Waals surface area contributed by atoms with Crippen LogP contribution in [0.4, 0.5) is 17.5 Å². The summed E-state index contributed by atoms with van der Waals surface area (Å²) in [6, 6.07) is 5.58. The number of hydrogen-bond donors (Lipinski definition) is 3. The van der Waals surface area contributed by atoms with Gasteiger partial charge < -0.3 is 25.0 Å². The van der Waals surface area contributed by atoms with E-state index < -0.39 is 7.12 Å². The number of hydrogen-bond acceptors (Lipinski definition) is 8. The lowest BCUT2D eigenvalue weighted by molar-refractivity contribution is 0.0698. The van der Waals surface area contributed by atoms with Gasteiger partial charge in [-0.2, -0.15) is 10.2 Å². The minimum absolute atomic E-state index is 0.182. The number of rotatable bonds is 4. The maximum absolute atomic E-state index is 9.80. The van der Waals surface area contributed by atoms with Gasteiger partial charge in [-0.3, -0.25) is 0 Å². The molecule has 28 heavy (non-hydrogen) atoms. The third-order valence-corrected chi connectivity index (χ3v) is 5.29. The molecule has 0 bridgehead atoms. The number of nitrogens with zero attached hydrogens (tertiary/aromatic N) is 3. The minimum atomic E-state index is -1.01. The van der Waals surface area contributed by atoms with Crippen molar-refractivity contribution in [2.24, 2.45) is 5.92 Å². The second-order valence-electron chi connectivity index (χ2n) is 6.56. The van der Waals surface area contributed by atoms with Crippen molar-refractivity contribution in [2.45, 2.75) is 19.1 Å². The second-order valence-corrected chi connectivity index (χ2v) is 7.37. The molecular weight excluding hydrogens is 404 g/mol. The smallest absolute Gasteiger partial charge is 0.423 e. The average Bonchev–Trinajstić information content (AvgIpc) is 3.06. The number of fused-ring (bicyclic) bond motifs is 1. The molecule has 1 aromatic carbocycles. The summed E-state index contributed by atoms with van der Waals surface area (Å²) < 4.78 is 10.6. The molecule has 144 valence electrons. The lowest BCUT2D eigenvalue weighted by Gasteiger charge is -2.28. The second kappa shape index (κ2) is 8.11. The van der Waals surface area contributed by atoms with Crippen LogP contribution in [0.3, 0.4) is 0 Å². The van der Waals surface area contributed by atoms with Crippen molar-refractivity contribution in [3.05, 3.63) is 33.9 Å². The van der Waals surface area contributed by atoms with Gasteiger partial charge in [-0.25, -0.2) is 4.98 Å². The lowest BCUT2D eigenvalue weighted by atomic mass is 9.79. The van der Waals surface area contributed by atoms with Crippen molar-refractivity contribution >= 4 is 53.2 Å². The first-order valence-corrected chi connectivity index (χ1v) is 9.46. The van der Waals surface area contributed by atoms with E-state index in [0.29, 0.717) is 52.6 Å². The normalized spacial score (nSPS) is 21.1. The fourth-order valence-electron chi connectivity index (χ4n) is 3.26. The van der Waals surface area contributed by atoms with Crippen molar-refractivity contribution in [3.63, 3.8) is 0 Å². The van der Waals surface area contributed by atoms with E-state index in [1.54, 1.807) is 6.07 Å². The fourth-order valence-corrected chi connectivity index (χ4v) is 3.74. The lowest BCUT2D eigenvalue weighted by Crippen LogP contribution is -2.38. The van der Waals surface area contributed by atoms with Crippen LogP contribution in [0.2, 0.25) is 10.0 Å². The maximum Gasteiger partial charge on any atom is 0.493 e. The van der Waals surface area contributed by atoms with Crippen LogP contribution >= 0.6 is 23.2 Å². The standard InChI is InChI=1S/C17H16BCl2N5O3/c19-12-4-11(3-10-7-28-18(26)15(10)12)23-17-22-6-13(20)16(25-17)24-14-8-27-2-1-9(14)5-21/h3-4,6,9,14,26H,1-2,7-8H2,(H2,22,23,24,25). The summed E-state index contributed by atoms with van der Waals surface area (Å²) >= 11 is 12.5. The van der Waals surface area contributed by atoms with Gasteiger partial charge in [0.2, 0.25) is 5.95 Å². The molecule has 0 aliphatic carbocycles. The Kier molecular flexibility index (Phi) is 5.57. The summed E-state index contributed by atoms with van der Waals surface area (Å²) in [7, 11) is -1.01. The third kappa shape index (κ3) is 3.88. The van der Waals surface area contributed by atoms with Crippen LogP contribution in [0.15, 0.2) is 18.3 Å². The molecule has 0 amide bonds. The zero-order valence-corrected chi connectivity index (χ0v) is 16.2. The molecule has 2 aromatic rings. The fraction of sp³-hybridized carbons (Fsp3) is 0.353. The van der Waals surface area contributed by atoms with Crippen LogP contribution < -0.4 is 16.1 Å². The summed E-state index contributed by atoms with van der Waals surface area (Å²) in [5, 5.41) is 26.1. The van der Waals surface area contributed by atoms with E-state index in [-0.39, 0.29) is 18.6 Å². The Balaban J connectivity index is 1.55. The Morgan fingerprint density at radius 1 is 1.32 bits per heavy atom. The Morgan fingerprint density at radius 2 is 2.18 bits per heavy atom. The molecular formula is C17H16BCl2N5O3. The van der Waals surface area contributed by atoms with Crippen molar-refractivity contribution in [2.75, 3.05) is 23.8 Å². The predicted molar refractivity (Wildman–Crippen MR) is 106 cm³/mol. The number of aromatic nitrogens is 2. The SMILES string of the molecule is N#CC1CCOCC1Nc1nc(Nc2cc(Cl)c3c(c2)COB3O)ncc1Cl. The molecule has 1 saturated heterocycles. The minimum Gasteiger partial charge on any atom is -0.423 e. The predicted octanol–water partition coefficient (Wildman–Crippen LogP) is 2.09. The van der Waals surface area contributed by atoms with Crippen LogP contribution in [-0.4, -0.2) is 41.4 Å². The molecule has 4 rings (SSSR count). The quantitative estimate of drug-likeness (QED) is 0.645. The van der Waals surface area contributed by atoms with Gasteiger partial charge in [0.15, 0.2) is 5.82 Å². The number of nitrogens with one attached hydrogen (secondary N) is 2. The molecule has 1 fully saturated rings. The van der Waals surface area contributed by atoms with Crippen molar-refractivity contribution in [3.8, 4) is 6.07 Å². The van der Waals surface area contributed by atoms with Gasteiger partial charge in [0.1, 0.15) is 5.02 Å². The van der Waals surface area contributed by atoms with Crippen LogP contribution in [-0.2, 0) is 16.0 Å². The first kappa shape index (κ1) is 19.2. The van der Waals surface area contributed by atoms with Gasteiger partial charge >= 0.3 is 7.12 Å². The third-order valence-electron chi connectivity index (χ3n) is 4.70. The van der Waals surface area contributed by atoms with Crippen molar-refractivity contribution in [1.82, 2.24) is 9.97 Å². The van der Waals surface area contributed by atoms with E-state index in [1.165, 1.54) is 6.20 Å². The highest BCUT2D eigenvalue weighted by Gasteiger charge is 2.30. The van der Waals surface area contributed by atoms with E-state index in [2.05, 4.69) is 26.7 Å². The summed E-state index contributed by atoms with van der Waals surface area (Å²) in [4.78, 5) is 8.61. The summed E-state index contributed by atoms with van der Waals surface area (Å²) in [6.45, 7) is 1.25. The molecule has 2 atom stereocenters. The molecule has 0 spiro atoms. The summed E-state index contributed by atoms with van der Waals surface area (Å²) in [6.07, 6.45) is 2.13. The molecule has 3 heterocycles. The van der Waals surface area contributed by atoms with Crippen LogP contribution in [0, 0.1) is 17.2 Å². The molecule has 8 nitrogen and oxygen atoms in total. The molecule has 1 aromatic heterocycles. The van der Waals surface area contributed by atoms with Crippen molar-refractivity contribution in [1.29, 1.82) is 5.26 Å². The van der Waals surface area contributed by atoms with Gasteiger partial charge in [-0.1, -0.05) is 23.2 Å². The molecule has 2 aliphatic rings. The number of halogens is 2. The zero-order valence-electron chi connectivity index (χ0n) is 14.7. The first-order valence-electron chi connectivity index (χ1n) is 8.70. The van der Waals surface area contributed by atoms with Crippen LogP contribution in [0.5, 0.6) is 0 Å². The molecule has 0 saturated carbocycles. The average molecular weight is 420 g/mol. The largest absolute Gasteiger partial charge is 0.493 e. The van der Waals surface area contributed by atoms with Gasteiger partial charge in [0, 0.05) is 22.8 Å². The summed E-state index contributed by atoms with van der Waals surface area (Å²) in [5.74, 6) is 0.548. The Bertz CT molecular complexity index is 942. The van der Waals surface area contributed by atoms with Gasteiger partial charge in [-0.05, 0) is 24.1 Å². The van der Waals surface area contributed by atoms with E-state index in [0.717, 1.165) is 5.56 Å². The summed E-state index contributed by atoms with van der Waals surface area (Å²) in [5.41, 5.74) is 2.03. The maximum atomic E-state index is 9.80. The topological polar surface area (TPSA) is 112 Å². The van der Waals surface area contributed by atoms with E-state index in [4.69, 9.17) is 32.6 Å². The monoisotopic (exact) mass is 419 g/mol. The zero-order chi connectivity index (χ0) is 19.7. The highest BCUT2D eigenvalue weighted by Crippen LogP contribution is 2.27. The number of nitriles is 1. The highest BCUT2D eigenvalue weighted by atomic mass is 35.5. The van der Waals surface area contributed by atoms with E-state index in [1.807, 2.05) is 6.07 Å². The van der Waals surface area contributed by atoms with Gasteiger partial charge in [-0.15, -0.1) is 0 Å².